The monoisotopic (exact) mass is 448 g/mol. The van der Waals surface area contributed by atoms with E-state index in [-0.39, 0.29) is 0 Å². The lowest BCUT2D eigenvalue weighted by molar-refractivity contribution is 0.141. The molecule has 158 valence electrons. The molecule has 0 atom stereocenters. The van der Waals surface area contributed by atoms with E-state index >= 15 is 0 Å². The number of hydrogen-bond acceptors (Lipinski definition) is 9. The second kappa shape index (κ2) is 13.2. The first-order valence-electron chi connectivity index (χ1n) is 7.88. The van der Waals surface area contributed by atoms with E-state index in [1.807, 2.05) is 0 Å². The minimum atomic E-state index is -3.14. The van der Waals surface area contributed by atoms with E-state index in [1.54, 1.807) is 0 Å². The minimum Gasteiger partial charge on any atom is -0.367 e. The van der Waals surface area contributed by atoms with Crippen LogP contribution in [0.15, 0.2) is 0 Å². The average Bonchev–Trinajstić information content (AvgIpc) is 2.76. The van der Waals surface area contributed by atoms with Crippen LogP contribution in [0.5, 0.6) is 0 Å². The van der Waals surface area contributed by atoms with Crippen LogP contribution in [0.3, 0.4) is 0 Å². The Hall–Kier alpha value is -1.03. The molecule has 0 aromatic heterocycles. The molecule has 0 aliphatic rings. The summed E-state index contributed by atoms with van der Waals surface area (Å²) in [4.78, 5) is 0. The van der Waals surface area contributed by atoms with Gasteiger partial charge in [-0.1, -0.05) is 17.8 Å². The first-order valence-corrected chi connectivity index (χ1v) is 13.1. The lowest BCUT2D eigenvalue weighted by atomic mass is 10.2. The van der Waals surface area contributed by atoms with Crippen LogP contribution >= 0.6 is 0 Å². The van der Waals surface area contributed by atoms with Gasteiger partial charge in [0.25, 0.3) is 0 Å². The molecule has 0 rings (SSSR count). The van der Waals surface area contributed by atoms with Crippen LogP contribution in [0.25, 0.3) is 0 Å². The largest absolute Gasteiger partial charge is 0.590 e. The molecule has 0 N–H and O–H groups in total. The highest BCUT2D eigenvalue weighted by molar-refractivity contribution is 6.70. The molecule has 0 aromatic rings. The van der Waals surface area contributed by atoms with Gasteiger partial charge in [0.15, 0.2) is 0 Å². The quantitative estimate of drug-likeness (QED) is 0.354. The Morgan fingerprint density at radius 2 is 0.571 bits per heavy atom. The van der Waals surface area contributed by atoms with Gasteiger partial charge in [-0.05, 0) is 16.6 Å². The van der Waals surface area contributed by atoms with Crippen molar-refractivity contribution in [3.8, 4) is 34.4 Å². The molecule has 0 aromatic carbocycles. The van der Waals surface area contributed by atoms with Crippen molar-refractivity contribution in [2.75, 3.05) is 64.0 Å². The fourth-order valence-corrected chi connectivity index (χ4v) is 5.18. The maximum absolute atomic E-state index is 5.30. The molecular formula is C16H28O9Si3. The van der Waals surface area contributed by atoms with Crippen LogP contribution in [-0.2, 0) is 39.8 Å². The van der Waals surface area contributed by atoms with E-state index in [1.165, 1.54) is 64.0 Å². The van der Waals surface area contributed by atoms with Crippen LogP contribution in [-0.4, -0.2) is 90.4 Å². The van der Waals surface area contributed by atoms with Crippen molar-refractivity contribution >= 4 is 26.4 Å². The van der Waals surface area contributed by atoms with Gasteiger partial charge in [-0.25, -0.2) is 0 Å². The van der Waals surface area contributed by atoms with Gasteiger partial charge < -0.3 is 39.8 Å². The smallest absolute Gasteiger partial charge is 0.367 e. The predicted molar refractivity (Wildman–Crippen MR) is 107 cm³/mol. The Morgan fingerprint density at radius 3 is 0.714 bits per heavy atom. The van der Waals surface area contributed by atoms with Gasteiger partial charge in [0.05, 0.1) is 0 Å². The summed E-state index contributed by atoms with van der Waals surface area (Å²) in [5, 5.41) is 0. The third-order valence-corrected chi connectivity index (χ3v) is 9.72. The summed E-state index contributed by atoms with van der Waals surface area (Å²) in [7, 11) is 3.68. The zero-order valence-corrected chi connectivity index (χ0v) is 20.8. The first kappa shape index (κ1) is 27.0. The summed E-state index contributed by atoms with van der Waals surface area (Å²) < 4.78 is 47.7. The zero-order chi connectivity index (χ0) is 21.7. The van der Waals surface area contributed by atoms with Crippen molar-refractivity contribution in [3.05, 3.63) is 0 Å². The highest BCUT2D eigenvalue weighted by Crippen LogP contribution is 2.08. The van der Waals surface area contributed by atoms with Gasteiger partial charge in [-0.15, -0.1) is 0 Å². The maximum atomic E-state index is 5.30. The number of rotatable bonds is 9. The zero-order valence-electron chi connectivity index (χ0n) is 17.8. The molecule has 0 bridgehead atoms. The molecular weight excluding hydrogens is 420 g/mol. The molecule has 0 radical (unpaired) electrons. The lowest BCUT2D eigenvalue weighted by Crippen LogP contribution is -2.42. The average molecular weight is 449 g/mol. The van der Waals surface area contributed by atoms with Gasteiger partial charge in [0.2, 0.25) is 0 Å². The topological polar surface area (TPSA) is 83.1 Å². The standard InChI is InChI=1S/C16H28O9Si3/c1-17-26(18-2,19-3)13-10-16(11-14-27(20-4,21-5)22-6)12-15-28(23-7,24-8)25-9/h16H,1-9H3. The van der Waals surface area contributed by atoms with Crippen molar-refractivity contribution in [2.24, 2.45) is 5.92 Å². The molecule has 0 spiro atoms. The Kier molecular flexibility index (Phi) is 12.8. The summed E-state index contributed by atoms with van der Waals surface area (Å²) >= 11 is 0. The Balaban J connectivity index is 6.19. The van der Waals surface area contributed by atoms with Gasteiger partial charge in [-0.2, -0.15) is 0 Å². The third-order valence-electron chi connectivity index (χ3n) is 3.53. The second-order valence-electron chi connectivity index (χ2n) is 4.75. The third kappa shape index (κ3) is 7.42. The van der Waals surface area contributed by atoms with Crippen molar-refractivity contribution in [1.29, 1.82) is 0 Å². The molecule has 0 saturated heterocycles. The molecule has 0 heterocycles. The molecule has 28 heavy (non-hydrogen) atoms. The summed E-state index contributed by atoms with van der Waals surface area (Å²) in [5.41, 5.74) is 8.60. The van der Waals surface area contributed by atoms with E-state index in [0.717, 1.165) is 0 Å². The van der Waals surface area contributed by atoms with Crippen molar-refractivity contribution < 1.29 is 39.8 Å². The van der Waals surface area contributed by atoms with Gasteiger partial charge >= 0.3 is 26.4 Å². The molecule has 0 aliphatic heterocycles. The highest BCUT2D eigenvalue weighted by atomic mass is 28.4. The predicted octanol–water partition coefficient (Wildman–Crippen LogP) is -0.135. The summed E-state index contributed by atoms with van der Waals surface area (Å²) in [6.07, 6.45) is 0. The van der Waals surface area contributed by atoms with Crippen molar-refractivity contribution in [1.82, 2.24) is 0 Å². The molecule has 0 saturated carbocycles. The lowest BCUT2D eigenvalue weighted by Gasteiger charge is -2.18. The molecule has 0 amide bonds. The summed E-state index contributed by atoms with van der Waals surface area (Å²) in [6, 6.07) is 0. The maximum Gasteiger partial charge on any atom is 0.590 e. The highest BCUT2D eigenvalue weighted by Gasteiger charge is 2.38. The van der Waals surface area contributed by atoms with Crippen molar-refractivity contribution in [2.45, 2.75) is 0 Å². The SMILES string of the molecule is CO[Si](C#CC(C#C[Si](OC)(OC)OC)C#C[Si](OC)(OC)OC)(OC)OC. The van der Waals surface area contributed by atoms with Crippen LogP contribution < -0.4 is 0 Å². The summed E-state index contributed by atoms with van der Waals surface area (Å²) in [6.45, 7) is 0. The van der Waals surface area contributed by atoms with Crippen molar-refractivity contribution in [3.63, 3.8) is 0 Å². The van der Waals surface area contributed by atoms with Crippen LogP contribution in [0.2, 0.25) is 0 Å². The minimum absolute atomic E-state index is 0.757. The molecule has 9 nitrogen and oxygen atoms in total. The normalized spacial score (nSPS) is 11.8. The second-order valence-corrected chi connectivity index (χ2v) is 12.5. The van der Waals surface area contributed by atoms with E-state index < -0.39 is 32.3 Å². The molecule has 12 heteroatoms. The molecule has 0 fully saturated rings. The fourth-order valence-electron chi connectivity index (χ4n) is 1.80. The Bertz CT molecular complexity index is 526. The molecule has 0 unspecified atom stereocenters. The fraction of sp³-hybridized carbons (Fsp3) is 0.625. The summed E-state index contributed by atoms with van der Waals surface area (Å²) in [5.74, 6) is 7.95. The van der Waals surface area contributed by atoms with Crippen LogP contribution in [0.1, 0.15) is 0 Å². The van der Waals surface area contributed by atoms with E-state index in [0.29, 0.717) is 0 Å². The van der Waals surface area contributed by atoms with E-state index in [9.17, 15) is 0 Å². The van der Waals surface area contributed by atoms with E-state index in [4.69, 9.17) is 39.8 Å². The Morgan fingerprint density at radius 1 is 0.393 bits per heavy atom. The first-order chi connectivity index (χ1) is 13.3. The molecule has 0 aliphatic carbocycles. The van der Waals surface area contributed by atoms with Gasteiger partial charge in [-0.3, -0.25) is 0 Å². The van der Waals surface area contributed by atoms with E-state index in [2.05, 4.69) is 34.4 Å². The van der Waals surface area contributed by atoms with Crippen LogP contribution in [0.4, 0.5) is 0 Å². The Labute approximate surface area is 170 Å². The number of hydrogen-bond donors (Lipinski definition) is 0. The van der Waals surface area contributed by atoms with Gasteiger partial charge in [0.1, 0.15) is 5.92 Å². The van der Waals surface area contributed by atoms with Crippen LogP contribution in [0, 0.1) is 40.3 Å². The van der Waals surface area contributed by atoms with Gasteiger partial charge in [0, 0.05) is 64.0 Å².